The lowest BCUT2D eigenvalue weighted by atomic mass is 9.90. The van der Waals surface area contributed by atoms with E-state index in [4.69, 9.17) is 4.74 Å². The number of ether oxygens (including phenoxy) is 1. The molecule has 1 aromatic rings. The van der Waals surface area contributed by atoms with Crippen molar-refractivity contribution in [3.8, 4) is 6.07 Å². The van der Waals surface area contributed by atoms with Gasteiger partial charge in [-0.15, -0.1) is 0 Å². The van der Waals surface area contributed by atoms with Crippen LogP contribution in [0.1, 0.15) is 38.1 Å². The van der Waals surface area contributed by atoms with Crippen molar-refractivity contribution in [3.63, 3.8) is 0 Å². The monoisotopic (exact) mass is 381 g/mol. The Hall–Kier alpha value is -2.44. The van der Waals surface area contributed by atoms with Crippen LogP contribution in [0.2, 0.25) is 0 Å². The summed E-state index contributed by atoms with van der Waals surface area (Å²) in [5.41, 5.74) is -1.11. The number of nitrogens with zero attached hydrogens (tertiary/aromatic N) is 1. The molecule has 0 fully saturated rings. The van der Waals surface area contributed by atoms with Crippen molar-refractivity contribution in [1.82, 2.24) is 10.0 Å². The van der Waals surface area contributed by atoms with Gasteiger partial charge in [-0.3, -0.25) is 4.79 Å². The van der Waals surface area contributed by atoms with Crippen LogP contribution in [0, 0.1) is 17.2 Å². The summed E-state index contributed by atoms with van der Waals surface area (Å²) in [7, 11) is -2.45. The minimum Gasteiger partial charge on any atom is -0.449 e. The third-order valence-corrected chi connectivity index (χ3v) is 5.48. The van der Waals surface area contributed by atoms with Gasteiger partial charge in [0.25, 0.3) is 5.91 Å². The first kappa shape index (κ1) is 21.6. The molecule has 0 unspecified atom stereocenters. The molecule has 0 saturated carbocycles. The molecule has 142 valence electrons. The van der Waals surface area contributed by atoms with Gasteiger partial charge in [0.1, 0.15) is 5.54 Å². The van der Waals surface area contributed by atoms with Crippen LogP contribution in [0.25, 0.3) is 0 Å². The van der Waals surface area contributed by atoms with Gasteiger partial charge in [-0.2, -0.15) is 5.26 Å². The van der Waals surface area contributed by atoms with E-state index in [-0.39, 0.29) is 16.4 Å². The fourth-order valence-electron chi connectivity index (χ4n) is 1.85. The summed E-state index contributed by atoms with van der Waals surface area (Å²) in [5.74, 6) is -1.61. The zero-order valence-corrected chi connectivity index (χ0v) is 16.2. The van der Waals surface area contributed by atoms with Gasteiger partial charge >= 0.3 is 5.97 Å². The first-order valence-corrected chi connectivity index (χ1v) is 9.43. The van der Waals surface area contributed by atoms with E-state index in [1.54, 1.807) is 20.8 Å². The molecule has 0 heterocycles. The van der Waals surface area contributed by atoms with Crippen molar-refractivity contribution in [3.05, 3.63) is 29.8 Å². The number of nitrogens with one attached hydrogen (secondary N) is 2. The van der Waals surface area contributed by atoms with Crippen LogP contribution in [0.3, 0.4) is 0 Å². The SMILES string of the molecule is CNS(=O)(=O)c1cccc(C(=O)O[C@H](C)C(=O)N[C@](C)(C#N)C(C)C)c1. The first-order valence-electron chi connectivity index (χ1n) is 7.94. The number of nitriles is 1. The molecule has 1 rings (SSSR count). The minimum absolute atomic E-state index is 0.00659. The van der Waals surface area contributed by atoms with Gasteiger partial charge in [0.05, 0.1) is 16.5 Å². The lowest BCUT2D eigenvalue weighted by Crippen LogP contribution is -2.52. The fraction of sp³-hybridized carbons (Fsp3) is 0.471. The molecule has 0 aliphatic carbocycles. The predicted octanol–water partition coefficient (Wildman–Crippen LogP) is 1.19. The molecule has 9 heteroatoms. The molecule has 0 saturated heterocycles. The van der Waals surface area contributed by atoms with Crippen LogP contribution in [-0.4, -0.2) is 39.0 Å². The van der Waals surface area contributed by atoms with Crippen molar-refractivity contribution in [2.24, 2.45) is 5.92 Å². The number of benzene rings is 1. The number of hydrogen-bond donors (Lipinski definition) is 2. The highest BCUT2D eigenvalue weighted by Crippen LogP contribution is 2.16. The van der Waals surface area contributed by atoms with Crippen LogP contribution in [0.15, 0.2) is 29.2 Å². The van der Waals surface area contributed by atoms with Crippen LogP contribution < -0.4 is 10.0 Å². The second kappa shape index (κ2) is 8.29. The Morgan fingerprint density at radius 3 is 2.38 bits per heavy atom. The summed E-state index contributed by atoms with van der Waals surface area (Å²) in [6, 6.07) is 7.31. The molecular formula is C17H23N3O5S. The van der Waals surface area contributed by atoms with Crippen LogP contribution in [0.4, 0.5) is 0 Å². The second-order valence-corrected chi connectivity index (χ2v) is 8.13. The molecule has 8 nitrogen and oxygen atoms in total. The molecule has 0 aliphatic rings. The van der Waals surface area contributed by atoms with Crippen molar-refractivity contribution in [2.45, 2.75) is 44.2 Å². The summed E-state index contributed by atoms with van der Waals surface area (Å²) >= 11 is 0. The van der Waals surface area contributed by atoms with Crippen LogP contribution >= 0.6 is 0 Å². The van der Waals surface area contributed by atoms with Crippen LogP contribution in [-0.2, 0) is 19.6 Å². The Morgan fingerprint density at radius 2 is 1.88 bits per heavy atom. The van der Waals surface area contributed by atoms with E-state index < -0.39 is 33.5 Å². The largest absolute Gasteiger partial charge is 0.449 e. The topological polar surface area (TPSA) is 125 Å². The van der Waals surface area contributed by atoms with Gasteiger partial charge in [-0.25, -0.2) is 17.9 Å². The molecule has 0 bridgehead atoms. The van der Waals surface area contributed by atoms with E-state index >= 15 is 0 Å². The molecule has 0 spiro atoms. The third kappa shape index (κ3) is 5.03. The Morgan fingerprint density at radius 1 is 1.27 bits per heavy atom. The fourth-order valence-corrected chi connectivity index (χ4v) is 2.62. The highest BCUT2D eigenvalue weighted by molar-refractivity contribution is 7.89. The standard InChI is InChI=1S/C17H23N3O5S/c1-11(2)17(4,10-18)20-15(21)12(3)25-16(22)13-7-6-8-14(9-13)26(23,24)19-5/h6-9,11-12,19H,1-5H3,(H,20,21)/t12-,17-/m1/s1. The molecule has 0 aliphatic heterocycles. The van der Waals surface area contributed by atoms with E-state index in [9.17, 15) is 23.3 Å². The number of esters is 1. The van der Waals surface area contributed by atoms with Gasteiger partial charge < -0.3 is 10.1 Å². The molecule has 1 amide bonds. The van der Waals surface area contributed by atoms with Crippen molar-refractivity contribution in [1.29, 1.82) is 5.26 Å². The normalized spacial score (nSPS) is 14.8. The van der Waals surface area contributed by atoms with Crippen molar-refractivity contribution in [2.75, 3.05) is 7.05 Å². The summed E-state index contributed by atoms with van der Waals surface area (Å²) in [6.07, 6.45) is -1.15. The quantitative estimate of drug-likeness (QED) is 0.684. The molecule has 0 radical (unpaired) electrons. The Labute approximate surface area is 153 Å². The van der Waals surface area contributed by atoms with Crippen LogP contribution in [0.5, 0.6) is 0 Å². The number of carbonyl (C=O) groups is 2. The minimum atomic E-state index is -3.71. The smallest absolute Gasteiger partial charge is 0.338 e. The van der Waals surface area contributed by atoms with E-state index in [0.717, 1.165) is 6.07 Å². The average Bonchev–Trinajstić information content (AvgIpc) is 2.61. The molecule has 26 heavy (non-hydrogen) atoms. The number of rotatable bonds is 7. The van der Waals surface area contributed by atoms with Crippen molar-refractivity contribution >= 4 is 21.9 Å². The van der Waals surface area contributed by atoms with Gasteiger partial charge in [0.2, 0.25) is 10.0 Å². The highest BCUT2D eigenvalue weighted by Gasteiger charge is 2.32. The summed E-state index contributed by atoms with van der Waals surface area (Å²) in [4.78, 5) is 24.3. The summed E-state index contributed by atoms with van der Waals surface area (Å²) in [6.45, 7) is 6.53. The maximum absolute atomic E-state index is 12.2. The molecule has 0 aromatic heterocycles. The lowest BCUT2D eigenvalue weighted by molar-refractivity contribution is -0.130. The Balaban J connectivity index is 2.90. The van der Waals surface area contributed by atoms with E-state index in [1.165, 1.54) is 32.2 Å². The molecule has 1 aromatic carbocycles. The maximum Gasteiger partial charge on any atom is 0.338 e. The zero-order chi connectivity index (χ0) is 20.1. The van der Waals surface area contributed by atoms with Gasteiger partial charge in [0.15, 0.2) is 6.10 Å². The summed E-state index contributed by atoms with van der Waals surface area (Å²) in [5, 5.41) is 11.8. The molecule has 2 N–H and O–H groups in total. The lowest BCUT2D eigenvalue weighted by Gasteiger charge is -2.28. The number of carbonyl (C=O) groups excluding carboxylic acids is 2. The number of hydrogen-bond acceptors (Lipinski definition) is 6. The molecular weight excluding hydrogens is 358 g/mol. The van der Waals surface area contributed by atoms with Gasteiger partial charge in [0, 0.05) is 0 Å². The predicted molar refractivity (Wildman–Crippen MR) is 94.6 cm³/mol. The summed E-state index contributed by atoms with van der Waals surface area (Å²) < 4.78 is 30.8. The van der Waals surface area contributed by atoms with E-state index in [2.05, 4.69) is 10.0 Å². The Kier molecular flexibility index (Phi) is 6.89. The number of sulfonamides is 1. The van der Waals surface area contributed by atoms with Gasteiger partial charge in [-0.05, 0) is 45.0 Å². The first-order chi connectivity index (χ1) is 12.0. The van der Waals surface area contributed by atoms with E-state index in [1.807, 2.05) is 6.07 Å². The van der Waals surface area contributed by atoms with Crippen molar-refractivity contribution < 1.29 is 22.7 Å². The Bertz CT molecular complexity index is 829. The maximum atomic E-state index is 12.2. The van der Waals surface area contributed by atoms with Gasteiger partial charge in [-0.1, -0.05) is 19.9 Å². The zero-order valence-electron chi connectivity index (χ0n) is 15.4. The number of amides is 1. The third-order valence-electron chi connectivity index (χ3n) is 4.07. The average molecular weight is 381 g/mol. The van der Waals surface area contributed by atoms with E-state index in [0.29, 0.717) is 0 Å². The molecule has 2 atom stereocenters. The second-order valence-electron chi connectivity index (χ2n) is 6.24. The highest BCUT2D eigenvalue weighted by atomic mass is 32.2.